The minimum atomic E-state index is -0.517. The SMILES string of the molecule is CC(C)(C)c1cc2c(OCc3ccc(I)cc3)c(c1)Cc1cc(C(C)(C)C)cc(c1OC(=O)c1ccccc1)Cc1cc(C(C)(C)C)cc(c1OC(=O)c1ccccc1)Cc1cc(C(C)(C)C)cc(c1OC(=O)c1ccccc1)C2. The molecular formula is C72H73IO7. The summed E-state index contributed by atoms with van der Waals surface area (Å²) in [6, 6.07) is 53.0. The van der Waals surface area contributed by atoms with Gasteiger partial charge in [0.1, 0.15) is 29.6 Å². The van der Waals surface area contributed by atoms with E-state index in [1.165, 1.54) is 0 Å². The topological polar surface area (TPSA) is 88.1 Å². The Bertz CT molecular complexity index is 3420. The van der Waals surface area contributed by atoms with Crippen LogP contribution in [0.4, 0.5) is 0 Å². The van der Waals surface area contributed by atoms with Crippen LogP contribution in [-0.2, 0) is 54.0 Å². The Morgan fingerprint density at radius 1 is 0.350 bits per heavy atom. The predicted molar refractivity (Wildman–Crippen MR) is 329 cm³/mol. The molecule has 0 N–H and O–H groups in total. The molecular weight excluding hydrogens is 1100 g/mol. The van der Waals surface area contributed by atoms with Crippen LogP contribution in [0, 0.1) is 3.57 Å². The molecule has 8 bridgehead atoms. The van der Waals surface area contributed by atoms with Gasteiger partial charge in [-0.2, -0.15) is 0 Å². The lowest BCUT2D eigenvalue weighted by Crippen LogP contribution is -2.19. The summed E-state index contributed by atoms with van der Waals surface area (Å²) in [5, 5.41) is 0. The number of carbonyl (C=O) groups is 3. The molecule has 0 aromatic heterocycles. The van der Waals surface area contributed by atoms with Gasteiger partial charge in [-0.15, -0.1) is 0 Å². The fourth-order valence-electron chi connectivity index (χ4n) is 10.1. The molecule has 0 fully saturated rings. The number of hydrogen-bond donors (Lipinski definition) is 0. The Hall–Kier alpha value is -7.30. The van der Waals surface area contributed by atoms with Gasteiger partial charge in [0.25, 0.3) is 0 Å². The molecule has 1 aliphatic rings. The summed E-state index contributed by atoms with van der Waals surface area (Å²) in [6.07, 6.45) is 1.07. The first-order valence-corrected chi connectivity index (χ1v) is 28.7. The maximum absolute atomic E-state index is 14.7. The van der Waals surface area contributed by atoms with Crippen LogP contribution in [0.2, 0.25) is 0 Å². The molecule has 0 aliphatic heterocycles. The summed E-state index contributed by atoms with van der Waals surface area (Å²) < 4.78 is 28.8. The van der Waals surface area contributed by atoms with Crippen LogP contribution >= 0.6 is 22.6 Å². The standard InChI is InChI=1S/C72H73IO7/c1-69(2,3)57-36-49-32-51-38-58(70(4,5)6)40-53(63(51)78-66(74)46-22-16-13-17-23-46)34-55-42-60(72(10,11)12)43-56(65(55)80-68(76)48-26-20-15-21-27-48)35-54-41-59(71(7,8)9)39-52(64(54)79-67(75)47-24-18-14-19-25-47)33-50(37-57)62(49)77-44-45-28-30-61(73)31-29-45/h13-31,36-43H,32-35,44H2,1-12H3. The summed E-state index contributed by atoms with van der Waals surface area (Å²) in [7, 11) is 0. The molecule has 80 heavy (non-hydrogen) atoms. The zero-order chi connectivity index (χ0) is 57.3. The fraction of sp³-hybridized carbons (Fsp3) is 0.292. The Kier molecular flexibility index (Phi) is 16.5. The van der Waals surface area contributed by atoms with Crippen molar-refractivity contribution in [3.8, 4) is 23.0 Å². The van der Waals surface area contributed by atoms with E-state index in [0.717, 1.165) is 75.9 Å². The van der Waals surface area contributed by atoms with Crippen LogP contribution in [0.15, 0.2) is 164 Å². The lowest BCUT2D eigenvalue weighted by Gasteiger charge is -2.29. The Morgan fingerprint density at radius 2 is 0.588 bits per heavy atom. The van der Waals surface area contributed by atoms with Crippen molar-refractivity contribution in [1.29, 1.82) is 0 Å². The largest absolute Gasteiger partial charge is 0.488 e. The van der Waals surface area contributed by atoms with Crippen molar-refractivity contribution in [3.05, 3.63) is 256 Å². The van der Waals surface area contributed by atoms with Gasteiger partial charge in [-0.25, -0.2) is 14.4 Å². The highest BCUT2D eigenvalue weighted by Crippen LogP contribution is 2.45. The normalized spacial score (nSPS) is 12.8. The number of hydrogen-bond acceptors (Lipinski definition) is 7. The van der Waals surface area contributed by atoms with Crippen molar-refractivity contribution < 1.29 is 33.3 Å². The molecule has 0 saturated heterocycles. The van der Waals surface area contributed by atoms with Gasteiger partial charge in [0, 0.05) is 62.6 Å². The number of rotatable bonds is 9. The zero-order valence-electron chi connectivity index (χ0n) is 48.4. The van der Waals surface area contributed by atoms with E-state index in [-0.39, 0.29) is 41.1 Å². The van der Waals surface area contributed by atoms with Gasteiger partial charge < -0.3 is 18.9 Å². The molecule has 0 saturated carbocycles. The summed E-state index contributed by atoms with van der Waals surface area (Å²) >= 11 is 2.32. The highest BCUT2D eigenvalue weighted by molar-refractivity contribution is 14.1. The van der Waals surface area contributed by atoms with Crippen molar-refractivity contribution >= 4 is 40.5 Å². The molecule has 0 atom stereocenters. The van der Waals surface area contributed by atoms with Crippen LogP contribution in [-0.4, -0.2) is 17.9 Å². The fourth-order valence-corrected chi connectivity index (χ4v) is 10.5. The molecule has 410 valence electrons. The van der Waals surface area contributed by atoms with Crippen LogP contribution in [0.1, 0.15) is 186 Å². The van der Waals surface area contributed by atoms with E-state index < -0.39 is 17.9 Å². The van der Waals surface area contributed by atoms with Crippen LogP contribution in [0.5, 0.6) is 23.0 Å². The molecule has 0 unspecified atom stereocenters. The second-order valence-corrected chi connectivity index (χ2v) is 26.6. The molecule has 8 aromatic carbocycles. The molecule has 9 rings (SSSR count). The first-order valence-electron chi connectivity index (χ1n) is 27.6. The quantitative estimate of drug-likeness (QED) is 0.0808. The van der Waals surface area contributed by atoms with Crippen molar-refractivity contribution in [2.24, 2.45) is 0 Å². The molecule has 0 amide bonds. The zero-order valence-corrected chi connectivity index (χ0v) is 50.5. The molecule has 1 aliphatic carbocycles. The summed E-state index contributed by atoms with van der Waals surface area (Å²) in [6.45, 7) is 26.6. The van der Waals surface area contributed by atoms with Gasteiger partial charge in [-0.05, 0) is 132 Å². The predicted octanol–water partition coefficient (Wildman–Crippen LogP) is 17.4. The Labute approximate surface area is 487 Å². The number of benzene rings is 8. The molecule has 7 nitrogen and oxygen atoms in total. The maximum Gasteiger partial charge on any atom is 0.343 e. The van der Waals surface area contributed by atoms with Crippen molar-refractivity contribution in [2.75, 3.05) is 0 Å². The first kappa shape index (κ1) is 57.4. The smallest absolute Gasteiger partial charge is 0.343 e. The van der Waals surface area contributed by atoms with E-state index >= 15 is 0 Å². The van der Waals surface area contributed by atoms with E-state index in [1.807, 2.05) is 54.6 Å². The van der Waals surface area contributed by atoms with Crippen molar-refractivity contribution in [2.45, 2.75) is 137 Å². The lowest BCUT2D eigenvalue weighted by molar-refractivity contribution is 0.0722. The molecule has 8 aromatic rings. The number of halogens is 1. The van der Waals surface area contributed by atoms with E-state index in [1.54, 1.807) is 36.4 Å². The summed E-state index contributed by atoms with van der Waals surface area (Å²) in [5.41, 5.74) is 11.4. The third kappa shape index (κ3) is 13.5. The van der Waals surface area contributed by atoms with Crippen LogP contribution < -0.4 is 18.9 Å². The van der Waals surface area contributed by atoms with Gasteiger partial charge >= 0.3 is 17.9 Å². The lowest BCUT2D eigenvalue weighted by atomic mass is 9.79. The van der Waals surface area contributed by atoms with E-state index in [9.17, 15) is 14.4 Å². The van der Waals surface area contributed by atoms with Crippen LogP contribution in [0.3, 0.4) is 0 Å². The minimum Gasteiger partial charge on any atom is -0.488 e. The summed E-state index contributed by atoms with van der Waals surface area (Å²) in [5.74, 6) is 0.455. The number of ether oxygens (including phenoxy) is 4. The Balaban J connectivity index is 1.42. The molecule has 0 heterocycles. The highest BCUT2D eigenvalue weighted by Gasteiger charge is 2.31. The van der Waals surface area contributed by atoms with Crippen molar-refractivity contribution in [3.63, 3.8) is 0 Å². The maximum atomic E-state index is 14.7. The van der Waals surface area contributed by atoms with Crippen molar-refractivity contribution in [1.82, 2.24) is 0 Å². The number of esters is 3. The van der Waals surface area contributed by atoms with E-state index in [2.05, 4.69) is 178 Å². The average Bonchev–Trinajstić information content (AvgIpc) is 3.46. The van der Waals surface area contributed by atoms with E-state index in [0.29, 0.717) is 52.5 Å². The Morgan fingerprint density at radius 3 is 0.825 bits per heavy atom. The second-order valence-electron chi connectivity index (χ2n) is 25.4. The van der Waals surface area contributed by atoms with Gasteiger partial charge in [-0.1, -0.05) is 198 Å². The van der Waals surface area contributed by atoms with Gasteiger partial charge in [0.05, 0.1) is 16.7 Å². The van der Waals surface area contributed by atoms with Gasteiger partial charge in [0.15, 0.2) is 0 Å². The monoisotopic (exact) mass is 1180 g/mol. The van der Waals surface area contributed by atoms with Gasteiger partial charge in [0.2, 0.25) is 0 Å². The van der Waals surface area contributed by atoms with Crippen LogP contribution in [0.25, 0.3) is 0 Å². The third-order valence-corrected chi connectivity index (χ3v) is 15.6. The molecule has 8 heteroatoms. The molecule has 0 spiro atoms. The average molecular weight is 1180 g/mol. The minimum absolute atomic E-state index is 0.217. The second kappa shape index (κ2) is 23.0. The number of fused-ring (bicyclic) bond motifs is 8. The first-order chi connectivity index (χ1) is 37.8. The summed E-state index contributed by atoms with van der Waals surface area (Å²) in [4.78, 5) is 44.0. The van der Waals surface area contributed by atoms with Gasteiger partial charge in [-0.3, -0.25) is 0 Å². The third-order valence-electron chi connectivity index (χ3n) is 14.9. The molecule has 0 radical (unpaired) electrons. The highest BCUT2D eigenvalue weighted by atomic mass is 127. The van der Waals surface area contributed by atoms with E-state index in [4.69, 9.17) is 18.9 Å². The number of carbonyl (C=O) groups excluding carboxylic acids is 3.